The highest BCUT2D eigenvalue weighted by atomic mass is 32.2. The summed E-state index contributed by atoms with van der Waals surface area (Å²) in [5.74, 6) is 1.20. The van der Waals surface area contributed by atoms with Gasteiger partial charge in [0.15, 0.2) is 0 Å². The van der Waals surface area contributed by atoms with E-state index in [-0.39, 0.29) is 0 Å². The van der Waals surface area contributed by atoms with Crippen molar-refractivity contribution in [2.45, 2.75) is 25.8 Å². The van der Waals surface area contributed by atoms with Crippen molar-refractivity contribution in [2.24, 2.45) is 7.05 Å². The number of aryl methyl sites for hydroxylation is 1. The molecule has 2 rings (SSSR count). The van der Waals surface area contributed by atoms with E-state index in [1.54, 1.807) is 0 Å². The molecular weight excluding hydrogens is 254 g/mol. The second kappa shape index (κ2) is 6.96. The lowest BCUT2D eigenvalue weighted by Crippen LogP contribution is -2.31. The molecule has 0 aliphatic rings. The molecule has 0 fully saturated rings. The van der Waals surface area contributed by atoms with Gasteiger partial charge in [-0.2, -0.15) is 16.9 Å². The molecule has 0 aliphatic heterocycles. The van der Waals surface area contributed by atoms with Gasteiger partial charge in [-0.15, -0.1) is 0 Å². The van der Waals surface area contributed by atoms with E-state index in [2.05, 4.69) is 47.9 Å². The molecule has 1 aromatic carbocycles. The highest BCUT2D eigenvalue weighted by molar-refractivity contribution is 7.98. The van der Waals surface area contributed by atoms with E-state index in [9.17, 15) is 0 Å². The average molecular weight is 277 g/mol. The Balaban J connectivity index is 2.18. The smallest absolute Gasteiger partial charge is 0.0718 e. The zero-order chi connectivity index (χ0) is 13.7. The van der Waals surface area contributed by atoms with Gasteiger partial charge in [0, 0.05) is 24.9 Å². The van der Waals surface area contributed by atoms with Crippen LogP contribution in [0.25, 0.3) is 10.9 Å². The summed E-state index contributed by atoms with van der Waals surface area (Å²) in [6.07, 6.45) is 4.37. The van der Waals surface area contributed by atoms with E-state index < -0.39 is 0 Å². The van der Waals surface area contributed by atoms with Gasteiger partial charge in [0.1, 0.15) is 0 Å². The van der Waals surface area contributed by atoms with Crippen LogP contribution in [-0.4, -0.2) is 34.4 Å². The molecule has 0 saturated heterocycles. The van der Waals surface area contributed by atoms with Crippen LogP contribution >= 0.6 is 11.8 Å². The van der Waals surface area contributed by atoms with Crippen LogP contribution in [-0.2, 0) is 13.5 Å². The molecule has 2 aromatic rings. The molecule has 0 spiro atoms. The number of rotatable bonds is 7. The Morgan fingerprint density at radius 1 is 1.37 bits per heavy atom. The number of para-hydroxylation sites is 1. The summed E-state index contributed by atoms with van der Waals surface area (Å²) in [7, 11) is 2.02. The van der Waals surface area contributed by atoms with Crippen molar-refractivity contribution in [3.05, 3.63) is 30.0 Å². The lowest BCUT2D eigenvalue weighted by Gasteiger charge is -2.16. The molecule has 1 atom stereocenters. The topological polar surface area (TPSA) is 29.9 Å². The van der Waals surface area contributed by atoms with Crippen LogP contribution in [0.15, 0.2) is 24.3 Å². The predicted molar refractivity (Wildman–Crippen MR) is 84.9 cm³/mol. The highest BCUT2D eigenvalue weighted by Gasteiger charge is 2.13. The third-order valence-electron chi connectivity index (χ3n) is 3.44. The second-order valence-corrected chi connectivity index (χ2v) is 5.81. The van der Waals surface area contributed by atoms with Crippen molar-refractivity contribution in [3.63, 3.8) is 0 Å². The molecule has 1 heterocycles. The zero-order valence-corrected chi connectivity index (χ0v) is 12.8. The molecule has 0 bridgehead atoms. The highest BCUT2D eigenvalue weighted by Crippen LogP contribution is 2.19. The first-order valence-corrected chi connectivity index (χ1v) is 8.28. The predicted octanol–water partition coefficient (Wildman–Crippen LogP) is 2.85. The molecule has 4 heteroatoms. The Labute approximate surface area is 119 Å². The normalized spacial score (nSPS) is 13.0. The summed E-state index contributed by atoms with van der Waals surface area (Å²) in [5, 5.41) is 9.56. The van der Waals surface area contributed by atoms with Crippen LogP contribution in [0.4, 0.5) is 0 Å². The first kappa shape index (κ1) is 14.4. The van der Waals surface area contributed by atoms with Gasteiger partial charge in [-0.3, -0.25) is 4.68 Å². The van der Waals surface area contributed by atoms with Crippen LogP contribution in [0.5, 0.6) is 0 Å². The minimum absolute atomic E-state index is 0.524. The SMILES string of the molecule is CCNC(CCSC)Cc1nn(C)c2ccccc12. The van der Waals surface area contributed by atoms with Crippen molar-refractivity contribution >= 4 is 22.7 Å². The fourth-order valence-corrected chi connectivity index (χ4v) is 3.02. The number of aromatic nitrogens is 2. The summed E-state index contributed by atoms with van der Waals surface area (Å²) in [6.45, 7) is 3.19. The molecule has 104 valence electrons. The van der Waals surface area contributed by atoms with Crippen LogP contribution in [0.1, 0.15) is 19.0 Å². The maximum absolute atomic E-state index is 4.69. The van der Waals surface area contributed by atoms with E-state index in [0.717, 1.165) is 13.0 Å². The van der Waals surface area contributed by atoms with Gasteiger partial charge in [-0.25, -0.2) is 0 Å². The van der Waals surface area contributed by atoms with Crippen LogP contribution in [0, 0.1) is 0 Å². The summed E-state index contributed by atoms with van der Waals surface area (Å²) in [6, 6.07) is 9.00. The molecular formula is C15H23N3S. The zero-order valence-electron chi connectivity index (χ0n) is 12.0. The number of benzene rings is 1. The van der Waals surface area contributed by atoms with Crippen molar-refractivity contribution in [1.82, 2.24) is 15.1 Å². The summed E-state index contributed by atoms with van der Waals surface area (Å²) < 4.78 is 1.99. The fourth-order valence-electron chi connectivity index (χ4n) is 2.50. The van der Waals surface area contributed by atoms with Crippen molar-refractivity contribution in [2.75, 3.05) is 18.6 Å². The van der Waals surface area contributed by atoms with Crippen LogP contribution in [0.3, 0.4) is 0 Å². The Hall–Kier alpha value is -1.00. The molecule has 0 amide bonds. The van der Waals surface area contributed by atoms with E-state index in [0.29, 0.717) is 6.04 Å². The van der Waals surface area contributed by atoms with Crippen molar-refractivity contribution in [1.29, 1.82) is 0 Å². The molecule has 1 aromatic heterocycles. The molecule has 0 aliphatic carbocycles. The van der Waals surface area contributed by atoms with Gasteiger partial charge in [0.05, 0.1) is 11.2 Å². The lowest BCUT2D eigenvalue weighted by molar-refractivity contribution is 0.507. The summed E-state index contributed by atoms with van der Waals surface area (Å²) in [4.78, 5) is 0. The lowest BCUT2D eigenvalue weighted by atomic mass is 10.1. The molecule has 1 unspecified atom stereocenters. The monoisotopic (exact) mass is 277 g/mol. The Morgan fingerprint density at radius 2 is 2.16 bits per heavy atom. The number of nitrogens with zero attached hydrogens (tertiary/aromatic N) is 2. The number of nitrogens with one attached hydrogen (secondary N) is 1. The van der Waals surface area contributed by atoms with Crippen molar-refractivity contribution in [3.8, 4) is 0 Å². The Kier molecular flexibility index (Phi) is 5.28. The third kappa shape index (κ3) is 3.51. The van der Waals surface area contributed by atoms with E-state index >= 15 is 0 Å². The molecule has 0 radical (unpaired) electrons. The minimum Gasteiger partial charge on any atom is -0.314 e. The quantitative estimate of drug-likeness (QED) is 0.844. The average Bonchev–Trinajstić information content (AvgIpc) is 2.74. The fraction of sp³-hybridized carbons (Fsp3) is 0.533. The van der Waals surface area contributed by atoms with E-state index in [4.69, 9.17) is 0 Å². The minimum atomic E-state index is 0.524. The van der Waals surface area contributed by atoms with E-state index in [1.807, 2.05) is 23.5 Å². The van der Waals surface area contributed by atoms with Gasteiger partial charge in [0.2, 0.25) is 0 Å². The van der Waals surface area contributed by atoms with Gasteiger partial charge in [-0.1, -0.05) is 25.1 Å². The maximum Gasteiger partial charge on any atom is 0.0718 e. The standard InChI is InChI=1S/C15H23N3S/c1-4-16-12(9-10-19-3)11-14-13-7-5-6-8-15(13)18(2)17-14/h5-8,12,16H,4,9-11H2,1-3H3. The van der Waals surface area contributed by atoms with Crippen LogP contribution in [0.2, 0.25) is 0 Å². The van der Waals surface area contributed by atoms with Gasteiger partial charge < -0.3 is 5.32 Å². The number of hydrogen-bond donors (Lipinski definition) is 1. The first-order valence-electron chi connectivity index (χ1n) is 6.89. The van der Waals surface area contributed by atoms with Crippen molar-refractivity contribution < 1.29 is 0 Å². The molecule has 0 saturated carbocycles. The maximum atomic E-state index is 4.69. The largest absolute Gasteiger partial charge is 0.314 e. The van der Waals surface area contributed by atoms with Crippen LogP contribution < -0.4 is 5.32 Å². The molecule has 1 N–H and O–H groups in total. The number of likely N-dealkylation sites (N-methyl/N-ethyl adjacent to an activating group) is 1. The third-order valence-corrected chi connectivity index (χ3v) is 4.08. The van der Waals surface area contributed by atoms with Gasteiger partial charge in [0.25, 0.3) is 0 Å². The Morgan fingerprint density at radius 3 is 2.89 bits per heavy atom. The number of fused-ring (bicyclic) bond motifs is 1. The Bertz CT molecular complexity index is 521. The first-order chi connectivity index (χ1) is 9.26. The van der Waals surface area contributed by atoms with Gasteiger partial charge >= 0.3 is 0 Å². The molecule has 3 nitrogen and oxygen atoms in total. The second-order valence-electron chi connectivity index (χ2n) is 4.83. The molecule has 19 heavy (non-hydrogen) atoms. The van der Waals surface area contributed by atoms with E-state index in [1.165, 1.54) is 28.8 Å². The summed E-state index contributed by atoms with van der Waals surface area (Å²) >= 11 is 1.91. The number of hydrogen-bond acceptors (Lipinski definition) is 3. The summed E-state index contributed by atoms with van der Waals surface area (Å²) in [5.41, 5.74) is 2.43. The van der Waals surface area contributed by atoms with Gasteiger partial charge in [-0.05, 0) is 31.0 Å². The number of thioether (sulfide) groups is 1.